The molecule has 2 N–H and O–H groups in total. The Morgan fingerprint density at radius 3 is 2.89 bits per heavy atom. The van der Waals surface area contributed by atoms with Crippen molar-refractivity contribution in [1.29, 1.82) is 0 Å². The maximum Gasteiger partial charge on any atom is 0.222 e. The largest absolute Gasteiger partial charge is 0.368 e. The Bertz CT molecular complexity index is 518. The van der Waals surface area contributed by atoms with E-state index < -0.39 is 0 Å². The summed E-state index contributed by atoms with van der Waals surface area (Å²) in [5.74, 6) is 0.297. The Labute approximate surface area is 106 Å². The summed E-state index contributed by atoms with van der Waals surface area (Å²) < 4.78 is 0. The molecule has 0 atom stereocenters. The van der Waals surface area contributed by atoms with Gasteiger partial charge in [-0.25, -0.2) is 9.98 Å². The second kappa shape index (κ2) is 6.44. The first-order chi connectivity index (χ1) is 8.62. The molecule has 0 saturated heterocycles. The average molecular weight is 244 g/mol. The molecule has 0 aliphatic heterocycles. The van der Waals surface area contributed by atoms with Gasteiger partial charge < -0.3 is 5.73 Å². The number of hydrogen-bond acceptors (Lipinski definition) is 5. The van der Waals surface area contributed by atoms with Crippen LogP contribution in [0.1, 0.15) is 30.6 Å². The Hall–Kier alpha value is -2.30. The Balaban J connectivity index is 3.33. The summed E-state index contributed by atoms with van der Waals surface area (Å²) in [6.45, 7) is 7.29. The molecule has 94 valence electrons. The van der Waals surface area contributed by atoms with E-state index in [4.69, 9.17) is 5.73 Å². The van der Waals surface area contributed by atoms with Gasteiger partial charge in [0.25, 0.3) is 0 Å². The van der Waals surface area contributed by atoms with Gasteiger partial charge in [-0.1, -0.05) is 19.6 Å². The van der Waals surface area contributed by atoms with E-state index in [2.05, 4.69) is 21.5 Å². The maximum atomic E-state index is 11.7. The number of anilines is 1. The van der Waals surface area contributed by atoms with Gasteiger partial charge in [-0.05, 0) is 19.1 Å². The lowest BCUT2D eigenvalue weighted by Crippen LogP contribution is -2.04. The van der Waals surface area contributed by atoms with Crippen LogP contribution >= 0.6 is 0 Å². The van der Waals surface area contributed by atoms with Crippen molar-refractivity contribution in [3.8, 4) is 0 Å². The highest BCUT2D eigenvalue weighted by atomic mass is 16.1. The van der Waals surface area contributed by atoms with Crippen LogP contribution in [0.15, 0.2) is 36.0 Å². The topological polar surface area (TPSA) is 81.2 Å². The van der Waals surface area contributed by atoms with Crippen molar-refractivity contribution in [2.45, 2.75) is 20.3 Å². The van der Waals surface area contributed by atoms with E-state index in [0.29, 0.717) is 17.7 Å². The van der Waals surface area contributed by atoms with Crippen LogP contribution in [0.5, 0.6) is 0 Å². The zero-order valence-electron chi connectivity index (χ0n) is 10.6. The summed E-state index contributed by atoms with van der Waals surface area (Å²) >= 11 is 0. The molecule has 0 fully saturated rings. The van der Waals surface area contributed by atoms with Gasteiger partial charge in [-0.2, -0.15) is 4.98 Å². The number of carbonyl (C=O) groups excluding carboxylic acids is 1. The molecule has 0 saturated carbocycles. The van der Waals surface area contributed by atoms with Gasteiger partial charge >= 0.3 is 0 Å². The molecule has 1 rings (SSSR count). The molecule has 0 unspecified atom stereocenters. The van der Waals surface area contributed by atoms with Crippen molar-refractivity contribution in [3.05, 3.63) is 36.6 Å². The first-order valence-electron chi connectivity index (χ1n) is 5.61. The zero-order valence-corrected chi connectivity index (χ0v) is 10.6. The van der Waals surface area contributed by atoms with Crippen LogP contribution in [-0.2, 0) is 0 Å². The average Bonchev–Trinajstić information content (AvgIpc) is 2.37. The summed E-state index contributed by atoms with van der Waals surface area (Å²) in [7, 11) is 0. The fraction of sp³-hybridized carbons (Fsp3) is 0.231. The summed E-state index contributed by atoms with van der Waals surface area (Å²) in [5, 5.41) is 0. The number of nitrogens with zero attached hydrogens (tertiary/aromatic N) is 3. The van der Waals surface area contributed by atoms with Crippen LogP contribution in [-0.4, -0.2) is 21.5 Å². The van der Waals surface area contributed by atoms with Crippen molar-refractivity contribution >= 4 is 23.3 Å². The van der Waals surface area contributed by atoms with Gasteiger partial charge in [0.05, 0.1) is 11.3 Å². The van der Waals surface area contributed by atoms with E-state index in [1.807, 2.05) is 13.0 Å². The minimum absolute atomic E-state index is 0.0716. The molecule has 1 heterocycles. The zero-order chi connectivity index (χ0) is 13.5. The smallest absolute Gasteiger partial charge is 0.222 e. The maximum absolute atomic E-state index is 11.7. The number of ketones is 1. The van der Waals surface area contributed by atoms with Crippen molar-refractivity contribution in [2.24, 2.45) is 4.99 Å². The summed E-state index contributed by atoms with van der Waals surface area (Å²) in [6, 6.07) is 0. The number of Topliss-reactive ketones (excluding diaryl/α,β-unsaturated/α-hetero) is 1. The molecule has 0 aromatic carbocycles. The SMILES string of the molecule is C=CC(/C=C\C)=Nc1nc(N)ncc1C(=O)CC. The Morgan fingerprint density at radius 2 is 2.33 bits per heavy atom. The molecule has 5 heteroatoms. The summed E-state index contributed by atoms with van der Waals surface area (Å²) in [4.78, 5) is 23.8. The molecule has 0 spiro atoms. The standard InChI is InChI=1S/C13H16N4O/c1-4-7-9(5-2)16-12-10(11(18)6-3)8-15-13(14)17-12/h4-5,7-8H,2,6H2,1,3H3,(H2,14,15,17)/b7-4-,16-9?. The normalized spacial score (nSPS) is 11.8. The second-order valence-electron chi connectivity index (χ2n) is 3.48. The van der Waals surface area contributed by atoms with E-state index in [1.54, 1.807) is 19.1 Å². The number of aromatic nitrogens is 2. The highest BCUT2D eigenvalue weighted by molar-refractivity contribution is 6.07. The Morgan fingerprint density at radius 1 is 1.61 bits per heavy atom. The lowest BCUT2D eigenvalue weighted by molar-refractivity contribution is 0.0988. The highest BCUT2D eigenvalue weighted by Gasteiger charge is 2.12. The molecular weight excluding hydrogens is 228 g/mol. The van der Waals surface area contributed by atoms with Crippen LogP contribution in [0.2, 0.25) is 0 Å². The van der Waals surface area contributed by atoms with Crippen molar-refractivity contribution in [1.82, 2.24) is 9.97 Å². The van der Waals surface area contributed by atoms with Crippen LogP contribution in [0.4, 0.5) is 11.8 Å². The minimum Gasteiger partial charge on any atom is -0.368 e. The lowest BCUT2D eigenvalue weighted by atomic mass is 10.1. The molecule has 5 nitrogen and oxygen atoms in total. The first-order valence-corrected chi connectivity index (χ1v) is 5.61. The predicted molar refractivity (Wildman–Crippen MR) is 73.2 cm³/mol. The number of nitrogen functional groups attached to an aromatic ring is 1. The van der Waals surface area contributed by atoms with E-state index in [0.717, 1.165) is 0 Å². The molecule has 0 radical (unpaired) electrons. The number of hydrogen-bond donors (Lipinski definition) is 1. The molecule has 0 amide bonds. The molecule has 1 aromatic rings. The van der Waals surface area contributed by atoms with Crippen LogP contribution in [0, 0.1) is 0 Å². The third kappa shape index (κ3) is 3.35. The van der Waals surface area contributed by atoms with Gasteiger partial charge in [0.1, 0.15) is 0 Å². The van der Waals surface area contributed by atoms with Crippen LogP contribution in [0.25, 0.3) is 0 Å². The van der Waals surface area contributed by atoms with Crippen molar-refractivity contribution in [3.63, 3.8) is 0 Å². The lowest BCUT2D eigenvalue weighted by Gasteiger charge is -2.03. The van der Waals surface area contributed by atoms with Crippen LogP contribution < -0.4 is 5.73 Å². The van der Waals surface area contributed by atoms with Gasteiger partial charge in [0.2, 0.25) is 5.95 Å². The van der Waals surface area contributed by atoms with Gasteiger partial charge in [0.15, 0.2) is 11.6 Å². The Kier molecular flexibility index (Phi) is 4.92. The van der Waals surface area contributed by atoms with Crippen molar-refractivity contribution in [2.75, 3.05) is 5.73 Å². The fourth-order valence-electron chi connectivity index (χ4n) is 1.30. The third-order valence-electron chi connectivity index (χ3n) is 2.19. The van der Waals surface area contributed by atoms with Gasteiger partial charge in [-0.15, -0.1) is 0 Å². The first kappa shape index (κ1) is 13.8. The van der Waals surface area contributed by atoms with E-state index >= 15 is 0 Å². The number of rotatable bonds is 5. The molecule has 0 aliphatic rings. The van der Waals surface area contributed by atoms with Crippen LogP contribution in [0.3, 0.4) is 0 Å². The number of aliphatic imine (C=N–C) groups is 1. The molecular formula is C13H16N4O. The molecule has 0 bridgehead atoms. The summed E-state index contributed by atoms with van der Waals surface area (Å²) in [6.07, 6.45) is 6.95. The van der Waals surface area contributed by atoms with E-state index in [9.17, 15) is 4.79 Å². The number of nitrogens with two attached hydrogens (primary N) is 1. The predicted octanol–water partition coefficient (Wildman–Crippen LogP) is 2.49. The monoisotopic (exact) mass is 244 g/mol. The third-order valence-corrected chi connectivity index (χ3v) is 2.19. The molecule has 1 aromatic heterocycles. The highest BCUT2D eigenvalue weighted by Crippen LogP contribution is 2.18. The second-order valence-corrected chi connectivity index (χ2v) is 3.48. The van der Waals surface area contributed by atoms with E-state index in [-0.39, 0.29) is 17.5 Å². The van der Waals surface area contributed by atoms with Crippen molar-refractivity contribution < 1.29 is 4.79 Å². The van der Waals surface area contributed by atoms with Gasteiger partial charge in [-0.3, -0.25) is 4.79 Å². The quantitative estimate of drug-likeness (QED) is 0.637. The molecule has 0 aliphatic carbocycles. The van der Waals surface area contributed by atoms with E-state index in [1.165, 1.54) is 6.20 Å². The number of carbonyl (C=O) groups is 1. The molecule has 18 heavy (non-hydrogen) atoms. The minimum atomic E-state index is -0.0716. The summed E-state index contributed by atoms with van der Waals surface area (Å²) in [5.41, 5.74) is 6.50. The fourth-order valence-corrected chi connectivity index (χ4v) is 1.30. The number of allylic oxidation sites excluding steroid dienone is 3. The van der Waals surface area contributed by atoms with Gasteiger partial charge in [0, 0.05) is 12.6 Å².